The third kappa shape index (κ3) is 5.20. The number of hydrogen-bond acceptors (Lipinski definition) is 7. The molecular weight excluding hydrogens is 426 g/mol. The van der Waals surface area contributed by atoms with Gasteiger partial charge >= 0.3 is 0 Å². The molecule has 31 heavy (non-hydrogen) atoms. The van der Waals surface area contributed by atoms with Gasteiger partial charge in [0.05, 0.1) is 18.3 Å². The Morgan fingerprint density at radius 1 is 1.06 bits per heavy atom. The number of fused-ring (bicyclic) bond motifs is 1. The van der Waals surface area contributed by atoms with Crippen LogP contribution in [-0.2, 0) is 21.4 Å². The van der Waals surface area contributed by atoms with E-state index in [1.165, 1.54) is 6.07 Å². The van der Waals surface area contributed by atoms with Gasteiger partial charge in [0, 0.05) is 5.39 Å². The van der Waals surface area contributed by atoms with E-state index >= 15 is 0 Å². The van der Waals surface area contributed by atoms with E-state index in [1.807, 2.05) is 6.07 Å². The van der Waals surface area contributed by atoms with Crippen LogP contribution in [0.1, 0.15) is 15.9 Å². The lowest BCUT2D eigenvalue weighted by Gasteiger charge is -2.15. The maximum absolute atomic E-state index is 13.0. The van der Waals surface area contributed by atoms with Crippen LogP contribution in [0.4, 0.5) is 0 Å². The van der Waals surface area contributed by atoms with Crippen molar-refractivity contribution in [2.24, 2.45) is 0 Å². The zero-order valence-electron chi connectivity index (χ0n) is 16.4. The van der Waals surface area contributed by atoms with Gasteiger partial charge in [-0.2, -0.15) is 0 Å². The second kappa shape index (κ2) is 8.88. The minimum Gasteiger partial charge on any atom is -0.506 e. The lowest BCUT2D eigenvalue weighted by Crippen LogP contribution is -2.41. The van der Waals surface area contributed by atoms with Gasteiger partial charge in [-0.25, -0.2) is 8.42 Å². The number of sulfonamides is 1. The Balaban J connectivity index is 1.95. The van der Waals surface area contributed by atoms with Gasteiger partial charge < -0.3 is 15.3 Å². The van der Waals surface area contributed by atoms with Crippen molar-refractivity contribution in [3.05, 3.63) is 76.1 Å². The number of aromatic hydroxyl groups is 1. The first kappa shape index (κ1) is 21.8. The first-order chi connectivity index (χ1) is 14.7. The van der Waals surface area contributed by atoms with Gasteiger partial charge in [-0.1, -0.05) is 42.5 Å². The molecule has 0 spiro atoms. The van der Waals surface area contributed by atoms with Crippen LogP contribution in [0.15, 0.2) is 59.4 Å². The van der Waals surface area contributed by atoms with E-state index in [4.69, 9.17) is 4.84 Å². The largest absolute Gasteiger partial charge is 0.506 e. The van der Waals surface area contributed by atoms with Crippen LogP contribution in [0.5, 0.6) is 5.75 Å². The molecule has 1 heterocycles. The Hall–Kier alpha value is -3.86. The fourth-order valence-corrected chi connectivity index (χ4v) is 3.32. The number of amides is 2. The Morgan fingerprint density at radius 3 is 2.39 bits per heavy atom. The van der Waals surface area contributed by atoms with Gasteiger partial charge in [-0.3, -0.25) is 19.1 Å². The van der Waals surface area contributed by atoms with Crippen molar-refractivity contribution in [2.45, 2.75) is 6.61 Å². The molecule has 3 aromatic rings. The van der Waals surface area contributed by atoms with Crippen molar-refractivity contribution >= 4 is 32.7 Å². The Kier molecular flexibility index (Phi) is 6.25. The summed E-state index contributed by atoms with van der Waals surface area (Å²) in [5, 5.41) is 12.8. The minimum atomic E-state index is -3.81. The fraction of sp³-hybridized carbons (Fsp3) is 0.150. The first-order valence-electron chi connectivity index (χ1n) is 9.00. The van der Waals surface area contributed by atoms with Crippen LogP contribution < -0.4 is 20.4 Å². The van der Waals surface area contributed by atoms with Crippen LogP contribution in [-0.4, -0.2) is 42.9 Å². The quantitative estimate of drug-likeness (QED) is 0.469. The van der Waals surface area contributed by atoms with E-state index in [1.54, 1.807) is 47.2 Å². The third-order valence-electron chi connectivity index (χ3n) is 4.15. The van der Waals surface area contributed by atoms with Gasteiger partial charge in [0.1, 0.15) is 17.9 Å². The number of nitrogens with one attached hydrogen (secondary N) is 2. The predicted molar refractivity (Wildman–Crippen MR) is 112 cm³/mol. The summed E-state index contributed by atoms with van der Waals surface area (Å²) in [7, 11) is -3.81. The summed E-state index contributed by atoms with van der Waals surface area (Å²) in [5.41, 5.74) is -0.561. The molecule has 2 amide bonds. The Labute approximate surface area is 177 Å². The molecule has 0 fully saturated rings. The molecule has 0 bridgehead atoms. The second-order valence-electron chi connectivity index (χ2n) is 6.58. The summed E-state index contributed by atoms with van der Waals surface area (Å²) in [4.78, 5) is 42.8. The first-order valence-corrected chi connectivity index (χ1v) is 10.9. The standard InChI is InChI=1S/C20H19N3O7S/c1-31(28,29)22-16(24)11-21-19(26)17-18(25)14-9-5-6-10-15(14)23(20(17)27)30-12-13-7-3-2-4-8-13/h2-10,25H,11-12H2,1H3,(H,21,26)(H,22,24). The summed E-state index contributed by atoms with van der Waals surface area (Å²) >= 11 is 0. The summed E-state index contributed by atoms with van der Waals surface area (Å²) in [6.07, 6.45) is 0.782. The lowest BCUT2D eigenvalue weighted by molar-refractivity contribution is -0.118. The van der Waals surface area contributed by atoms with Crippen LogP contribution in [0.2, 0.25) is 0 Å². The highest BCUT2D eigenvalue weighted by Gasteiger charge is 2.23. The molecule has 11 heteroatoms. The second-order valence-corrected chi connectivity index (χ2v) is 8.33. The number of para-hydroxylation sites is 1. The van der Waals surface area contributed by atoms with Crippen LogP contribution in [0.3, 0.4) is 0 Å². The van der Waals surface area contributed by atoms with Crippen molar-refractivity contribution in [3.8, 4) is 5.75 Å². The van der Waals surface area contributed by atoms with Crippen molar-refractivity contribution in [1.82, 2.24) is 14.8 Å². The molecule has 2 aromatic carbocycles. The topological polar surface area (TPSA) is 144 Å². The van der Waals surface area contributed by atoms with Gasteiger partial charge in [0.15, 0.2) is 0 Å². The van der Waals surface area contributed by atoms with E-state index in [-0.39, 0.29) is 17.5 Å². The van der Waals surface area contributed by atoms with Crippen molar-refractivity contribution in [2.75, 3.05) is 12.8 Å². The normalized spacial score (nSPS) is 11.1. The maximum atomic E-state index is 13.0. The van der Waals surface area contributed by atoms with Gasteiger partial charge in [-0.15, -0.1) is 4.73 Å². The molecule has 0 saturated heterocycles. The average molecular weight is 445 g/mol. The molecule has 0 aliphatic rings. The number of hydrogen-bond donors (Lipinski definition) is 3. The smallest absolute Gasteiger partial charge is 0.300 e. The number of carbonyl (C=O) groups is 2. The summed E-state index contributed by atoms with van der Waals surface area (Å²) < 4.78 is 24.8. The minimum absolute atomic E-state index is 0.0212. The molecule has 10 nitrogen and oxygen atoms in total. The SMILES string of the molecule is CS(=O)(=O)NC(=O)CNC(=O)c1c(O)c2ccccc2n(OCc2ccccc2)c1=O. The molecule has 1 aromatic heterocycles. The fourth-order valence-electron chi connectivity index (χ4n) is 2.84. The van der Waals surface area contributed by atoms with E-state index in [0.717, 1.165) is 16.5 Å². The Bertz CT molecular complexity index is 1300. The molecule has 0 radical (unpaired) electrons. The highest BCUT2D eigenvalue weighted by atomic mass is 32.2. The molecule has 3 rings (SSSR count). The molecule has 162 valence electrons. The van der Waals surface area contributed by atoms with E-state index in [2.05, 4.69) is 5.32 Å². The highest BCUT2D eigenvalue weighted by Crippen LogP contribution is 2.25. The number of carbonyl (C=O) groups excluding carboxylic acids is 2. The number of benzene rings is 2. The van der Waals surface area contributed by atoms with E-state index < -0.39 is 45.3 Å². The lowest BCUT2D eigenvalue weighted by atomic mass is 10.1. The van der Waals surface area contributed by atoms with Gasteiger partial charge in [0.25, 0.3) is 17.4 Å². The summed E-state index contributed by atoms with van der Waals surface area (Å²) in [6.45, 7) is -0.699. The van der Waals surface area contributed by atoms with Gasteiger partial charge in [0.2, 0.25) is 10.0 Å². The van der Waals surface area contributed by atoms with E-state index in [0.29, 0.717) is 0 Å². The summed E-state index contributed by atoms with van der Waals surface area (Å²) in [6, 6.07) is 15.3. The molecule has 0 aliphatic heterocycles. The van der Waals surface area contributed by atoms with Crippen molar-refractivity contribution in [1.29, 1.82) is 0 Å². The number of aromatic nitrogens is 1. The third-order valence-corrected chi connectivity index (χ3v) is 4.75. The monoisotopic (exact) mass is 445 g/mol. The van der Waals surface area contributed by atoms with E-state index in [9.17, 15) is 27.9 Å². The molecule has 0 atom stereocenters. The predicted octanol–water partition coefficient (Wildman–Crippen LogP) is 0.141. The molecule has 3 N–H and O–H groups in total. The van der Waals surface area contributed by atoms with Crippen LogP contribution >= 0.6 is 0 Å². The molecular formula is C20H19N3O7S. The zero-order chi connectivity index (χ0) is 22.6. The number of nitrogens with zero attached hydrogens (tertiary/aromatic N) is 1. The van der Waals surface area contributed by atoms with Crippen molar-refractivity contribution in [3.63, 3.8) is 0 Å². The molecule has 0 unspecified atom stereocenters. The van der Waals surface area contributed by atoms with Crippen molar-refractivity contribution < 1.29 is 28.0 Å². The average Bonchev–Trinajstić information content (AvgIpc) is 2.72. The van der Waals surface area contributed by atoms with Crippen LogP contribution in [0, 0.1) is 0 Å². The maximum Gasteiger partial charge on any atom is 0.300 e. The summed E-state index contributed by atoms with van der Waals surface area (Å²) in [5.74, 6) is -2.65. The van der Waals surface area contributed by atoms with Crippen LogP contribution in [0.25, 0.3) is 10.9 Å². The van der Waals surface area contributed by atoms with Gasteiger partial charge in [-0.05, 0) is 17.7 Å². The molecule has 0 aliphatic carbocycles. The Morgan fingerprint density at radius 2 is 1.71 bits per heavy atom. The highest BCUT2D eigenvalue weighted by molar-refractivity contribution is 7.89. The number of rotatable bonds is 7. The number of pyridine rings is 1. The zero-order valence-corrected chi connectivity index (χ0v) is 17.2. The molecule has 0 saturated carbocycles.